The SMILES string of the molecule is O=C(CC1CCN(C(=O)C2CCCCN2)CC1)Nc1cc(C(F)(F)F)cc(C(F)(F)F)c1. The molecule has 0 saturated carbocycles. The van der Waals surface area contributed by atoms with Gasteiger partial charge in [0.05, 0.1) is 17.2 Å². The van der Waals surface area contributed by atoms with Crippen molar-refractivity contribution in [3.8, 4) is 0 Å². The summed E-state index contributed by atoms with van der Waals surface area (Å²) < 4.78 is 77.8. The van der Waals surface area contributed by atoms with Crippen LogP contribution in [0.5, 0.6) is 0 Å². The number of piperidine rings is 2. The summed E-state index contributed by atoms with van der Waals surface area (Å²) in [5.41, 5.74) is -3.51. The Kier molecular flexibility index (Phi) is 7.36. The van der Waals surface area contributed by atoms with Gasteiger partial charge < -0.3 is 15.5 Å². The molecule has 0 aliphatic carbocycles. The van der Waals surface area contributed by atoms with Gasteiger partial charge in [0.2, 0.25) is 11.8 Å². The van der Waals surface area contributed by atoms with E-state index in [0.717, 1.165) is 25.8 Å². The number of anilines is 1. The van der Waals surface area contributed by atoms with E-state index in [9.17, 15) is 35.9 Å². The molecule has 2 fully saturated rings. The average molecular weight is 465 g/mol. The molecule has 0 bridgehead atoms. The van der Waals surface area contributed by atoms with Crippen molar-refractivity contribution in [2.75, 3.05) is 25.0 Å². The quantitative estimate of drug-likeness (QED) is 0.647. The number of carbonyl (C=O) groups is 2. The fraction of sp³-hybridized carbons (Fsp3) is 0.619. The van der Waals surface area contributed by atoms with Crippen molar-refractivity contribution in [1.82, 2.24) is 10.2 Å². The van der Waals surface area contributed by atoms with Gasteiger partial charge in [0.25, 0.3) is 0 Å². The number of halogens is 6. The highest BCUT2D eigenvalue weighted by Gasteiger charge is 2.37. The summed E-state index contributed by atoms with van der Waals surface area (Å²) >= 11 is 0. The average Bonchev–Trinajstić information content (AvgIpc) is 2.73. The van der Waals surface area contributed by atoms with Crippen molar-refractivity contribution in [2.24, 2.45) is 5.92 Å². The van der Waals surface area contributed by atoms with Gasteiger partial charge in [0, 0.05) is 25.2 Å². The van der Waals surface area contributed by atoms with Crippen LogP contribution in [0.3, 0.4) is 0 Å². The zero-order chi connectivity index (χ0) is 23.5. The molecule has 2 aliphatic heterocycles. The molecule has 1 aromatic rings. The van der Waals surface area contributed by atoms with E-state index in [0.29, 0.717) is 38.1 Å². The summed E-state index contributed by atoms with van der Waals surface area (Å²) in [7, 11) is 0. The Bertz CT molecular complexity index is 794. The number of carbonyl (C=O) groups excluding carboxylic acids is 2. The number of benzene rings is 1. The molecule has 11 heteroatoms. The first-order valence-electron chi connectivity index (χ1n) is 10.5. The lowest BCUT2D eigenvalue weighted by Crippen LogP contribution is -2.50. The lowest BCUT2D eigenvalue weighted by atomic mass is 9.92. The van der Waals surface area contributed by atoms with Gasteiger partial charge in [-0.15, -0.1) is 0 Å². The molecule has 3 rings (SSSR count). The van der Waals surface area contributed by atoms with Crippen LogP contribution >= 0.6 is 0 Å². The summed E-state index contributed by atoms with van der Waals surface area (Å²) in [6.07, 6.45) is -6.09. The Hall–Kier alpha value is -2.30. The molecular formula is C21H25F6N3O2. The van der Waals surface area contributed by atoms with Crippen LogP contribution in [0.15, 0.2) is 18.2 Å². The molecule has 5 nitrogen and oxygen atoms in total. The highest BCUT2D eigenvalue weighted by molar-refractivity contribution is 5.91. The van der Waals surface area contributed by atoms with E-state index in [1.165, 1.54) is 0 Å². The second kappa shape index (κ2) is 9.68. The van der Waals surface area contributed by atoms with Crippen LogP contribution < -0.4 is 10.6 Å². The third kappa shape index (κ3) is 6.36. The molecule has 178 valence electrons. The summed E-state index contributed by atoms with van der Waals surface area (Å²) in [6.45, 7) is 1.74. The largest absolute Gasteiger partial charge is 0.416 e. The summed E-state index contributed by atoms with van der Waals surface area (Å²) in [5.74, 6) is -0.723. The minimum atomic E-state index is -4.98. The Morgan fingerprint density at radius 2 is 1.53 bits per heavy atom. The standard InChI is InChI=1S/C21H25F6N3O2/c22-20(23,24)14-10-15(21(25,26)27)12-16(11-14)29-18(31)9-13-4-7-30(8-5-13)19(32)17-3-1-2-6-28-17/h10-13,17,28H,1-9H2,(H,29,31). The van der Waals surface area contributed by atoms with Crippen molar-refractivity contribution in [1.29, 1.82) is 0 Å². The number of amides is 2. The van der Waals surface area contributed by atoms with Gasteiger partial charge in [-0.05, 0) is 56.3 Å². The first-order chi connectivity index (χ1) is 14.9. The van der Waals surface area contributed by atoms with E-state index in [2.05, 4.69) is 10.6 Å². The number of nitrogens with zero attached hydrogens (tertiary/aromatic N) is 1. The van der Waals surface area contributed by atoms with Crippen LogP contribution in [0.25, 0.3) is 0 Å². The topological polar surface area (TPSA) is 61.4 Å². The number of hydrogen-bond donors (Lipinski definition) is 2. The second-order valence-corrected chi connectivity index (χ2v) is 8.32. The van der Waals surface area contributed by atoms with E-state index in [4.69, 9.17) is 0 Å². The minimum absolute atomic E-state index is 0.0174. The van der Waals surface area contributed by atoms with Crippen LogP contribution in [0.1, 0.15) is 49.7 Å². The zero-order valence-electron chi connectivity index (χ0n) is 17.3. The maximum Gasteiger partial charge on any atom is 0.416 e. The molecule has 2 N–H and O–H groups in total. The molecule has 1 aromatic carbocycles. The van der Waals surface area contributed by atoms with Crippen molar-refractivity contribution < 1.29 is 35.9 Å². The van der Waals surface area contributed by atoms with Gasteiger partial charge in [-0.1, -0.05) is 6.42 Å². The van der Waals surface area contributed by atoms with Gasteiger partial charge in [-0.3, -0.25) is 9.59 Å². The van der Waals surface area contributed by atoms with Gasteiger partial charge in [-0.25, -0.2) is 0 Å². The summed E-state index contributed by atoms with van der Waals surface area (Å²) in [5, 5.41) is 5.37. The van der Waals surface area contributed by atoms with Crippen LogP contribution in [0.2, 0.25) is 0 Å². The predicted molar refractivity (Wildman–Crippen MR) is 105 cm³/mol. The minimum Gasteiger partial charge on any atom is -0.341 e. The number of nitrogens with one attached hydrogen (secondary N) is 2. The van der Waals surface area contributed by atoms with Crippen LogP contribution in [0.4, 0.5) is 32.0 Å². The molecule has 2 aliphatic rings. The third-order valence-electron chi connectivity index (χ3n) is 5.88. The second-order valence-electron chi connectivity index (χ2n) is 8.32. The van der Waals surface area contributed by atoms with E-state index >= 15 is 0 Å². The Morgan fingerprint density at radius 3 is 2.03 bits per heavy atom. The van der Waals surface area contributed by atoms with E-state index in [-0.39, 0.29) is 30.4 Å². The Balaban J connectivity index is 1.56. The maximum absolute atomic E-state index is 13.0. The molecular weight excluding hydrogens is 440 g/mol. The van der Waals surface area contributed by atoms with E-state index in [1.807, 2.05) is 0 Å². The first kappa shape index (κ1) is 24.3. The number of hydrogen-bond acceptors (Lipinski definition) is 3. The molecule has 0 spiro atoms. The van der Waals surface area contributed by atoms with Crippen molar-refractivity contribution >= 4 is 17.5 Å². The van der Waals surface area contributed by atoms with E-state index < -0.39 is 35.1 Å². The number of alkyl halides is 6. The van der Waals surface area contributed by atoms with Crippen LogP contribution in [0, 0.1) is 5.92 Å². The zero-order valence-corrected chi connectivity index (χ0v) is 17.3. The van der Waals surface area contributed by atoms with Gasteiger partial charge in [-0.2, -0.15) is 26.3 Å². The number of likely N-dealkylation sites (tertiary alicyclic amines) is 1. The van der Waals surface area contributed by atoms with Crippen molar-refractivity contribution in [3.63, 3.8) is 0 Å². The Labute approximate surface area is 181 Å². The molecule has 1 atom stereocenters. The lowest BCUT2D eigenvalue weighted by Gasteiger charge is -2.35. The normalized spacial score (nSPS) is 20.8. The summed E-state index contributed by atoms with van der Waals surface area (Å²) in [4.78, 5) is 26.6. The maximum atomic E-state index is 13.0. The summed E-state index contributed by atoms with van der Waals surface area (Å²) in [6, 6.07) is 0.813. The monoisotopic (exact) mass is 465 g/mol. The highest BCUT2D eigenvalue weighted by atomic mass is 19.4. The fourth-order valence-electron chi connectivity index (χ4n) is 4.14. The lowest BCUT2D eigenvalue weighted by molar-refractivity contribution is -0.143. The molecule has 2 heterocycles. The smallest absolute Gasteiger partial charge is 0.341 e. The molecule has 2 saturated heterocycles. The molecule has 0 aromatic heterocycles. The highest BCUT2D eigenvalue weighted by Crippen LogP contribution is 2.37. The first-order valence-corrected chi connectivity index (χ1v) is 10.5. The third-order valence-corrected chi connectivity index (χ3v) is 5.88. The Morgan fingerprint density at radius 1 is 0.938 bits per heavy atom. The van der Waals surface area contributed by atoms with Gasteiger partial charge in [0.15, 0.2) is 0 Å². The van der Waals surface area contributed by atoms with Crippen LogP contribution in [-0.4, -0.2) is 42.4 Å². The fourth-order valence-corrected chi connectivity index (χ4v) is 4.14. The molecule has 0 radical (unpaired) electrons. The molecule has 1 unspecified atom stereocenters. The molecule has 32 heavy (non-hydrogen) atoms. The van der Waals surface area contributed by atoms with Gasteiger partial charge in [0.1, 0.15) is 0 Å². The van der Waals surface area contributed by atoms with E-state index in [1.54, 1.807) is 4.90 Å². The van der Waals surface area contributed by atoms with Crippen LogP contribution in [-0.2, 0) is 21.9 Å². The van der Waals surface area contributed by atoms with Crippen molar-refractivity contribution in [3.05, 3.63) is 29.3 Å². The molecule has 2 amide bonds. The predicted octanol–water partition coefficient (Wildman–Crippen LogP) is 4.43. The van der Waals surface area contributed by atoms with Gasteiger partial charge >= 0.3 is 12.4 Å². The van der Waals surface area contributed by atoms with Crippen molar-refractivity contribution in [2.45, 2.75) is 56.9 Å². The number of rotatable bonds is 4.